The Bertz CT molecular complexity index is 506. The van der Waals surface area contributed by atoms with Crippen LogP contribution in [-0.4, -0.2) is 17.4 Å². The summed E-state index contributed by atoms with van der Waals surface area (Å²) in [7, 11) is 0. The Morgan fingerprint density at radius 2 is 2.00 bits per heavy atom. The van der Waals surface area contributed by atoms with Crippen LogP contribution in [0.5, 0.6) is 5.75 Å². The fraction of sp³-hybridized carbons (Fsp3) is 0.357. The number of hydrogen-bond donors (Lipinski definition) is 1. The first-order valence-corrected chi connectivity index (χ1v) is 6.24. The van der Waals surface area contributed by atoms with Crippen LogP contribution in [0.2, 0.25) is 0 Å². The molecule has 0 spiro atoms. The van der Waals surface area contributed by atoms with Crippen molar-refractivity contribution in [2.24, 2.45) is 11.7 Å². The number of hydrogen-bond acceptors (Lipinski definition) is 4. The number of primary amides is 1. The minimum atomic E-state index is -0.554. The van der Waals surface area contributed by atoms with Crippen LogP contribution >= 0.6 is 0 Å². The number of rotatable bonds is 7. The van der Waals surface area contributed by atoms with Gasteiger partial charge in [0.1, 0.15) is 5.75 Å². The maximum Gasteiger partial charge on any atom is 0.255 e. The van der Waals surface area contributed by atoms with E-state index in [1.807, 2.05) is 13.8 Å². The molecule has 1 aromatic rings. The average Bonchev–Trinajstić information content (AvgIpc) is 2.36. The Morgan fingerprint density at radius 1 is 1.40 bits per heavy atom. The minimum Gasteiger partial charge on any atom is -0.484 e. The van der Waals surface area contributed by atoms with Crippen LogP contribution in [0.4, 0.5) is 0 Å². The first-order chi connectivity index (χ1) is 9.38. The molecule has 0 atom stereocenters. The Morgan fingerprint density at radius 3 is 2.45 bits per heavy atom. The maximum atomic E-state index is 10.9. The highest BCUT2D eigenvalue weighted by molar-refractivity contribution is 5.75. The van der Waals surface area contributed by atoms with Gasteiger partial charge in [-0.3, -0.25) is 14.9 Å². The molecular formula is C14H18N2O4. The molecule has 20 heavy (non-hydrogen) atoms. The van der Waals surface area contributed by atoms with Crippen molar-refractivity contribution in [2.75, 3.05) is 6.61 Å². The van der Waals surface area contributed by atoms with Gasteiger partial charge in [-0.2, -0.15) is 0 Å². The van der Waals surface area contributed by atoms with Crippen molar-refractivity contribution in [2.45, 2.75) is 20.3 Å². The summed E-state index contributed by atoms with van der Waals surface area (Å²) >= 11 is 0. The van der Waals surface area contributed by atoms with Crippen molar-refractivity contribution in [1.82, 2.24) is 0 Å². The van der Waals surface area contributed by atoms with Crippen molar-refractivity contribution < 1.29 is 14.5 Å². The number of nitro groups is 1. The topological polar surface area (TPSA) is 95.5 Å². The third-order valence-electron chi connectivity index (χ3n) is 2.45. The Labute approximate surface area is 117 Å². The lowest BCUT2D eigenvalue weighted by atomic mass is 10.1. The molecule has 0 aliphatic heterocycles. The van der Waals surface area contributed by atoms with Gasteiger partial charge in [0.2, 0.25) is 5.70 Å². The predicted molar refractivity (Wildman–Crippen MR) is 75.6 cm³/mol. The van der Waals surface area contributed by atoms with Gasteiger partial charge in [0.05, 0.1) is 4.92 Å². The van der Waals surface area contributed by atoms with Crippen molar-refractivity contribution in [3.63, 3.8) is 0 Å². The van der Waals surface area contributed by atoms with Crippen LogP contribution in [-0.2, 0) is 4.79 Å². The standard InChI is InChI=1S/C14H18N2O4/c1-10(2)7-12(16(18)19)8-11-3-5-13(6-4-11)20-9-14(15)17/h3-6,8,10H,7,9H2,1-2H3,(H2,15,17). The molecular weight excluding hydrogens is 260 g/mol. The fourth-order valence-electron chi connectivity index (χ4n) is 1.61. The van der Waals surface area contributed by atoms with Gasteiger partial charge in [-0.05, 0) is 23.6 Å². The summed E-state index contributed by atoms with van der Waals surface area (Å²) in [5.41, 5.74) is 5.85. The molecule has 0 heterocycles. The lowest BCUT2D eigenvalue weighted by Crippen LogP contribution is -2.19. The molecule has 0 aromatic heterocycles. The predicted octanol–water partition coefficient (Wildman–Crippen LogP) is 2.21. The number of allylic oxidation sites excluding steroid dienone is 1. The second kappa shape index (κ2) is 7.28. The van der Waals surface area contributed by atoms with Crippen LogP contribution in [0.1, 0.15) is 25.8 Å². The minimum absolute atomic E-state index is 0.172. The molecule has 1 rings (SSSR count). The third kappa shape index (κ3) is 5.51. The quantitative estimate of drug-likeness (QED) is 0.611. The second-order valence-corrected chi connectivity index (χ2v) is 4.81. The molecule has 2 N–H and O–H groups in total. The van der Waals surface area contributed by atoms with E-state index in [4.69, 9.17) is 10.5 Å². The monoisotopic (exact) mass is 278 g/mol. The molecule has 1 amide bonds. The highest BCUT2D eigenvalue weighted by Crippen LogP contribution is 2.18. The first-order valence-electron chi connectivity index (χ1n) is 6.24. The van der Waals surface area contributed by atoms with Crippen LogP contribution in [0.25, 0.3) is 6.08 Å². The summed E-state index contributed by atoms with van der Waals surface area (Å²) in [4.78, 5) is 21.2. The van der Waals surface area contributed by atoms with Crippen LogP contribution < -0.4 is 10.5 Å². The van der Waals surface area contributed by atoms with Gasteiger partial charge in [0.15, 0.2) is 6.61 Å². The molecule has 6 heteroatoms. The summed E-state index contributed by atoms with van der Waals surface area (Å²) in [6, 6.07) is 6.67. The highest BCUT2D eigenvalue weighted by atomic mass is 16.6. The number of ether oxygens (including phenoxy) is 1. The number of carbonyl (C=O) groups is 1. The Kier molecular flexibility index (Phi) is 5.71. The normalized spacial score (nSPS) is 11.4. The van der Waals surface area contributed by atoms with Gasteiger partial charge in [0, 0.05) is 12.5 Å². The molecule has 0 bridgehead atoms. The summed E-state index contributed by atoms with van der Waals surface area (Å²) in [6.45, 7) is 3.67. The smallest absolute Gasteiger partial charge is 0.255 e. The van der Waals surface area contributed by atoms with Gasteiger partial charge in [-0.25, -0.2) is 0 Å². The number of nitrogens with zero attached hydrogens (tertiary/aromatic N) is 1. The molecule has 0 unspecified atom stereocenters. The van der Waals surface area contributed by atoms with Gasteiger partial charge in [-0.1, -0.05) is 26.0 Å². The van der Waals surface area contributed by atoms with Gasteiger partial charge < -0.3 is 10.5 Å². The lowest BCUT2D eigenvalue weighted by Gasteiger charge is -2.04. The van der Waals surface area contributed by atoms with E-state index in [0.717, 1.165) is 0 Å². The van der Waals surface area contributed by atoms with Crippen molar-refractivity contribution >= 4 is 12.0 Å². The van der Waals surface area contributed by atoms with Crippen molar-refractivity contribution in [3.05, 3.63) is 45.6 Å². The zero-order valence-corrected chi connectivity index (χ0v) is 11.5. The SMILES string of the molecule is CC(C)CC(=Cc1ccc(OCC(N)=O)cc1)[N+](=O)[O-]. The largest absolute Gasteiger partial charge is 0.484 e. The van der Waals surface area contributed by atoms with E-state index < -0.39 is 5.91 Å². The Hall–Kier alpha value is -2.37. The van der Waals surface area contributed by atoms with E-state index in [-0.39, 0.29) is 23.1 Å². The van der Waals surface area contributed by atoms with E-state index in [0.29, 0.717) is 17.7 Å². The van der Waals surface area contributed by atoms with Crippen LogP contribution in [0.15, 0.2) is 30.0 Å². The molecule has 6 nitrogen and oxygen atoms in total. The zero-order valence-electron chi connectivity index (χ0n) is 11.5. The summed E-state index contributed by atoms with van der Waals surface area (Å²) in [5, 5.41) is 10.9. The maximum absolute atomic E-state index is 10.9. The van der Waals surface area contributed by atoms with E-state index in [9.17, 15) is 14.9 Å². The highest BCUT2D eigenvalue weighted by Gasteiger charge is 2.12. The van der Waals surface area contributed by atoms with Crippen LogP contribution in [0.3, 0.4) is 0 Å². The number of nitrogens with two attached hydrogens (primary N) is 1. The zero-order chi connectivity index (χ0) is 15.1. The lowest BCUT2D eigenvalue weighted by molar-refractivity contribution is -0.427. The molecule has 0 fully saturated rings. The molecule has 0 aliphatic rings. The van der Waals surface area contributed by atoms with Gasteiger partial charge in [-0.15, -0.1) is 0 Å². The summed E-state index contributed by atoms with van der Waals surface area (Å²) in [6.07, 6.45) is 1.95. The number of benzene rings is 1. The third-order valence-corrected chi connectivity index (χ3v) is 2.45. The number of amides is 1. The molecule has 1 aromatic carbocycles. The fourth-order valence-corrected chi connectivity index (χ4v) is 1.61. The summed E-state index contributed by atoms with van der Waals surface area (Å²) in [5.74, 6) is 0.152. The second-order valence-electron chi connectivity index (χ2n) is 4.81. The number of carbonyl (C=O) groups excluding carboxylic acids is 1. The van der Waals surface area contributed by atoms with Crippen molar-refractivity contribution in [3.8, 4) is 5.75 Å². The van der Waals surface area contributed by atoms with E-state index in [1.54, 1.807) is 24.3 Å². The van der Waals surface area contributed by atoms with Crippen molar-refractivity contribution in [1.29, 1.82) is 0 Å². The van der Waals surface area contributed by atoms with E-state index >= 15 is 0 Å². The first kappa shape index (κ1) is 15.7. The molecule has 0 aliphatic carbocycles. The molecule has 0 saturated carbocycles. The Balaban J connectivity index is 2.80. The van der Waals surface area contributed by atoms with Gasteiger partial charge >= 0.3 is 0 Å². The van der Waals surface area contributed by atoms with Crippen LogP contribution in [0, 0.1) is 16.0 Å². The van der Waals surface area contributed by atoms with E-state index in [2.05, 4.69) is 0 Å². The average molecular weight is 278 g/mol. The molecule has 108 valence electrons. The molecule has 0 radical (unpaired) electrons. The van der Waals surface area contributed by atoms with E-state index in [1.165, 1.54) is 6.08 Å². The molecule has 0 saturated heterocycles. The van der Waals surface area contributed by atoms with Gasteiger partial charge in [0.25, 0.3) is 5.91 Å². The summed E-state index contributed by atoms with van der Waals surface area (Å²) < 4.78 is 5.11.